The largest absolute Gasteiger partial charge is 0.494 e. The first-order valence-corrected chi connectivity index (χ1v) is 18.2. The number of hydrogen-bond acceptors (Lipinski definition) is 8. The van der Waals surface area contributed by atoms with Crippen LogP contribution in [0.2, 0.25) is 0 Å². The van der Waals surface area contributed by atoms with E-state index in [1.165, 1.54) is 17.8 Å². The van der Waals surface area contributed by atoms with Crippen molar-refractivity contribution in [2.45, 2.75) is 66.2 Å². The van der Waals surface area contributed by atoms with Gasteiger partial charge < -0.3 is 25.0 Å². The third-order valence-corrected chi connectivity index (χ3v) is 9.66. The molecule has 0 saturated heterocycles. The first-order valence-electron chi connectivity index (χ1n) is 18.2. The molecule has 0 saturated carbocycles. The summed E-state index contributed by atoms with van der Waals surface area (Å²) in [7, 11) is 3.65. The highest BCUT2D eigenvalue weighted by molar-refractivity contribution is 6.03. The van der Waals surface area contributed by atoms with E-state index in [2.05, 4.69) is 79.1 Å². The molecule has 0 radical (unpaired) electrons. The molecule has 1 aliphatic rings. The maximum Gasteiger partial charge on any atom is 0.345 e. The minimum atomic E-state index is -0.514. The van der Waals surface area contributed by atoms with E-state index in [0.717, 1.165) is 66.6 Å². The molecule has 272 valence electrons. The summed E-state index contributed by atoms with van der Waals surface area (Å²) < 4.78 is 11.8. The smallest absolute Gasteiger partial charge is 0.345 e. The molecule has 0 aliphatic heterocycles. The summed E-state index contributed by atoms with van der Waals surface area (Å²) >= 11 is 0. The number of carbonyl (C=O) groups is 2. The molecule has 2 aromatic heterocycles. The lowest BCUT2D eigenvalue weighted by atomic mass is 9.87. The van der Waals surface area contributed by atoms with Gasteiger partial charge in [-0.15, -0.1) is 0 Å². The topological polar surface area (TPSA) is 106 Å². The Bertz CT molecular complexity index is 1920. The standard InChI is InChI=1S/C43H51N5O4/c1-8-14-28(4)20-22-48(6)38-25-39(51-7)37(24-36(38)46-40(49)10-3)47-42-32(9-2)41(34-23-29(5)18-19-30-15-11-12-17-33(30)34)35(27-45-42)43(50)52-31-16-13-21-44-26-31/h10-13,15-17,21,23-29H,3,8-9,14,18-20,22H2,1-2,4-7H3,(H,45,47)(H,46,49). The molecule has 2 atom stereocenters. The second kappa shape index (κ2) is 17.7. The maximum atomic E-state index is 14.0. The minimum absolute atomic E-state index is 0.268. The summed E-state index contributed by atoms with van der Waals surface area (Å²) in [5.74, 6) is 1.52. The number of anilines is 4. The Labute approximate surface area is 308 Å². The number of pyridine rings is 2. The fourth-order valence-electron chi connectivity index (χ4n) is 6.83. The first kappa shape index (κ1) is 37.8. The second-order valence-electron chi connectivity index (χ2n) is 13.6. The van der Waals surface area contributed by atoms with E-state index >= 15 is 0 Å². The molecule has 2 unspecified atom stereocenters. The molecule has 0 bridgehead atoms. The summed E-state index contributed by atoms with van der Waals surface area (Å²) in [5, 5.41) is 6.54. The fraction of sp³-hybridized carbons (Fsp3) is 0.349. The van der Waals surface area contributed by atoms with Crippen LogP contribution in [0.25, 0.3) is 5.57 Å². The summed E-state index contributed by atoms with van der Waals surface area (Å²) in [6, 6.07) is 15.6. The van der Waals surface area contributed by atoms with Gasteiger partial charge in [-0.3, -0.25) is 9.78 Å². The predicted molar refractivity (Wildman–Crippen MR) is 211 cm³/mol. The van der Waals surface area contributed by atoms with Gasteiger partial charge in [0.15, 0.2) is 0 Å². The number of fused-ring (bicyclic) bond motifs is 1. The molecule has 9 nitrogen and oxygen atoms in total. The number of rotatable bonds is 15. The Kier molecular flexibility index (Phi) is 12.8. The van der Waals surface area contributed by atoms with Crippen LogP contribution in [0.15, 0.2) is 85.9 Å². The zero-order valence-electron chi connectivity index (χ0n) is 31.3. The van der Waals surface area contributed by atoms with Crippen molar-refractivity contribution in [3.05, 3.63) is 114 Å². The van der Waals surface area contributed by atoms with E-state index in [9.17, 15) is 9.59 Å². The number of hydrogen-bond donors (Lipinski definition) is 2. The van der Waals surface area contributed by atoms with Gasteiger partial charge in [0.05, 0.1) is 35.9 Å². The van der Waals surface area contributed by atoms with E-state index in [1.54, 1.807) is 31.6 Å². The molecule has 2 N–H and O–H groups in total. The van der Waals surface area contributed by atoms with Gasteiger partial charge in [-0.1, -0.05) is 77.5 Å². The summed E-state index contributed by atoms with van der Waals surface area (Å²) in [5.41, 5.74) is 7.32. The van der Waals surface area contributed by atoms with E-state index < -0.39 is 5.97 Å². The molecule has 1 amide bonds. The van der Waals surface area contributed by atoms with Crippen LogP contribution < -0.4 is 25.0 Å². The average Bonchev–Trinajstić information content (AvgIpc) is 3.32. The van der Waals surface area contributed by atoms with Crippen LogP contribution in [-0.2, 0) is 17.6 Å². The van der Waals surface area contributed by atoms with Gasteiger partial charge in [0.25, 0.3) is 0 Å². The number of aromatic nitrogens is 2. The number of amides is 1. The lowest BCUT2D eigenvalue weighted by molar-refractivity contribution is -0.111. The number of allylic oxidation sites excluding steroid dienone is 1. The monoisotopic (exact) mass is 701 g/mol. The predicted octanol–water partition coefficient (Wildman–Crippen LogP) is 9.41. The van der Waals surface area contributed by atoms with E-state index in [1.807, 2.05) is 25.2 Å². The SMILES string of the molecule is C=CC(=O)Nc1cc(Nc2ncc(C(=O)Oc3cccnc3)c(C3=CC(C)CCc4ccccc43)c2CC)c(OC)cc1N(C)CCC(C)CCC. The van der Waals surface area contributed by atoms with Crippen LogP contribution in [0.1, 0.15) is 86.0 Å². The van der Waals surface area contributed by atoms with Crippen molar-refractivity contribution in [3.63, 3.8) is 0 Å². The Morgan fingerprint density at radius 3 is 2.62 bits per heavy atom. The summed E-state index contributed by atoms with van der Waals surface area (Å²) in [6.45, 7) is 13.2. The van der Waals surface area contributed by atoms with E-state index in [0.29, 0.717) is 46.6 Å². The van der Waals surface area contributed by atoms with Crippen molar-refractivity contribution in [1.29, 1.82) is 0 Å². The molecule has 9 heteroatoms. The maximum absolute atomic E-state index is 14.0. The van der Waals surface area contributed by atoms with Gasteiger partial charge in [-0.05, 0) is 78.5 Å². The van der Waals surface area contributed by atoms with Crippen LogP contribution in [0, 0.1) is 11.8 Å². The van der Waals surface area contributed by atoms with Crippen molar-refractivity contribution in [1.82, 2.24) is 9.97 Å². The molecular weight excluding hydrogens is 651 g/mol. The van der Waals surface area contributed by atoms with Gasteiger partial charge in [0.2, 0.25) is 5.91 Å². The van der Waals surface area contributed by atoms with Gasteiger partial charge >= 0.3 is 5.97 Å². The lowest BCUT2D eigenvalue weighted by Gasteiger charge is -2.26. The molecule has 2 aromatic carbocycles. The fourth-order valence-corrected chi connectivity index (χ4v) is 6.83. The Morgan fingerprint density at radius 1 is 1.10 bits per heavy atom. The van der Waals surface area contributed by atoms with Crippen molar-refractivity contribution in [3.8, 4) is 11.5 Å². The van der Waals surface area contributed by atoms with E-state index in [-0.39, 0.29) is 11.8 Å². The number of carbonyl (C=O) groups excluding carboxylic acids is 2. The average molecular weight is 702 g/mol. The van der Waals surface area contributed by atoms with Crippen LogP contribution in [0.3, 0.4) is 0 Å². The number of esters is 1. The molecule has 4 aromatic rings. The molecule has 1 aliphatic carbocycles. The van der Waals surface area contributed by atoms with Gasteiger partial charge in [0, 0.05) is 43.2 Å². The van der Waals surface area contributed by atoms with Crippen molar-refractivity contribution in [2.75, 3.05) is 36.2 Å². The molecule has 52 heavy (non-hydrogen) atoms. The van der Waals surface area contributed by atoms with E-state index in [4.69, 9.17) is 14.5 Å². The quantitative estimate of drug-likeness (QED) is 0.0933. The molecule has 2 heterocycles. The van der Waals surface area contributed by atoms with Crippen molar-refractivity contribution < 1.29 is 19.1 Å². The summed E-state index contributed by atoms with van der Waals surface area (Å²) in [4.78, 5) is 37.8. The normalized spacial score (nSPS) is 14.3. The number of nitrogens with zero attached hydrogens (tertiary/aromatic N) is 3. The van der Waals surface area contributed by atoms with Crippen molar-refractivity contribution >= 4 is 40.3 Å². The van der Waals surface area contributed by atoms with Crippen LogP contribution in [0.5, 0.6) is 11.5 Å². The number of aryl methyl sites for hydroxylation is 1. The Hall–Kier alpha value is -5.44. The lowest BCUT2D eigenvalue weighted by Crippen LogP contribution is -2.23. The number of benzene rings is 2. The summed E-state index contributed by atoms with van der Waals surface area (Å²) in [6.07, 6.45) is 14.1. The highest BCUT2D eigenvalue weighted by Gasteiger charge is 2.27. The minimum Gasteiger partial charge on any atom is -0.494 e. The van der Waals surface area contributed by atoms with Crippen LogP contribution >= 0.6 is 0 Å². The van der Waals surface area contributed by atoms with Gasteiger partial charge in [-0.2, -0.15) is 0 Å². The second-order valence-corrected chi connectivity index (χ2v) is 13.6. The van der Waals surface area contributed by atoms with Crippen LogP contribution in [-0.4, -0.2) is 42.5 Å². The first-order chi connectivity index (χ1) is 25.2. The zero-order valence-corrected chi connectivity index (χ0v) is 31.3. The molecule has 5 rings (SSSR count). The van der Waals surface area contributed by atoms with Gasteiger partial charge in [-0.25, -0.2) is 9.78 Å². The number of nitrogens with one attached hydrogen (secondary N) is 2. The van der Waals surface area contributed by atoms with Crippen LogP contribution in [0.4, 0.5) is 22.9 Å². The zero-order chi connectivity index (χ0) is 37.2. The molecular formula is C43H51N5O4. The Balaban J connectivity index is 1.65. The van der Waals surface area contributed by atoms with Gasteiger partial charge in [0.1, 0.15) is 17.3 Å². The molecule has 0 spiro atoms. The third-order valence-electron chi connectivity index (χ3n) is 9.66. The Morgan fingerprint density at radius 2 is 1.90 bits per heavy atom. The highest BCUT2D eigenvalue weighted by atomic mass is 16.5. The number of methoxy groups -OCH3 is 1. The van der Waals surface area contributed by atoms with Crippen molar-refractivity contribution in [2.24, 2.45) is 11.8 Å². The number of ether oxygens (including phenoxy) is 2. The third kappa shape index (κ3) is 8.88. The highest BCUT2D eigenvalue weighted by Crippen LogP contribution is 2.42. The molecule has 0 fully saturated rings.